The molecule has 1 aromatic rings. The fourth-order valence-corrected chi connectivity index (χ4v) is 1.40. The van der Waals surface area contributed by atoms with Crippen LogP contribution in [0.4, 0.5) is 0 Å². The van der Waals surface area contributed by atoms with Gasteiger partial charge in [0.2, 0.25) is 0 Å². The summed E-state index contributed by atoms with van der Waals surface area (Å²) in [7, 11) is 3.53. The Morgan fingerprint density at radius 1 is 1.38 bits per heavy atom. The zero-order valence-electron chi connectivity index (χ0n) is 9.96. The van der Waals surface area contributed by atoms with Crippen molar-refractivity contribution in [3.05, 3.63) is 23.8 Å². The van der Waals surface area contributed by atoms with E-state index in [1.807, 2.05) is 25.2 Å². The second kappa shape index (κ2) is 6.76. The first kappa shape index (κ1) is 12.4. The maximum atomic E-state index is 5.61. The highest BCUT2D eigenvalue weighted by Gasteiger charge is 2.08. The molecule has 3 heteroatoms. The minimum absolute atomic E-state index is 0.383. The van der Waals surface area contributed by atoms with Gasteiger partial charge in [-0.1, -0.05) is 18.1 Å². The lowest BCUT2D eigenvalue weighted by molar-refractivity contribution is 0.327. The van der Waals surface area contributed by atoms with Crippen LogP contribution < -0.4 is 14.8 Å². The molecular weight excluding hydrogens is 202 g/mol. The first-order chi connectivity index (χ1) is 7.83. The summed E-state index contributed by atoms with van der Waals surface area (Å²) in [6.07, 6.45) is 0. The largest absolute Gasteiger partial charge is 0.493 e. The quantitative estimate of drug-likeness (QED) is 0.766. The molecule has 0 unspecified atom stereocenters. The number of hydrogen-bond donors (Lipinski definition) is 1. The van der Waals surface area contributed by atoms with Gasteiger partial charge in [0.05, 0.1) is 7.11 Å². The number of rotatable bonds is 5. The van der Waals surface area contributed by atoms with E-state index in [1.54, 1.807) is 14.0 Å². The summed E-state index contributed by atoms with van der Waals surface area (Å²) in [5, 5.41) is 3.09. The van der Waals surface area contributed by atoms with Gasteiger partial charge in [-0.15, -0.1) is 5.92 Å². The Morgan fingerprint density at radius 3 is 2.81 bits per heavy atom. The molecule has 0 aliphatic carbocycles. The van der Waals surface area contributed by atoms with E-state index >= 15 is 0 Å². The summed E-state index contributed by atoms with van der Waals surface area (Å²) in [6, 6.07) is 5.84. The second-order valence-corrected chi connectivity index (χ2v) is 3.19. The molecule has 0 bridgehead atoms. The fraction of sp³-hybridized carbons (Fsp3) is 0.385. The molecule has 0 radical (unpaired) electrons. The lowest BCUT2D eigenvalue weighted by Crippen LogP contribution is -2.08. The predicted octanol–water partition coefficient (Wildman–Crippen LogP) is 1.82. The standard InChI is InChI=1S/C13H17NO2/c1-4-5-9-16-13-11(10-14-2)7-6-8-12(13)15-3/h6-8,14H,9-10H2,1-3H3. The van der Waals surface area contributed by atoms with Crippen LogP contribution in [0.5, 0.6) is 11.5 Å². The van der Waals surface area contributed by atoms with Crippen LogP contribution in [0, 0.1) is 11.8 Å². The summed E-state index contributed by atoms with van der Waals surface area (Å²) in [5.74, 6) is 7.17. The number of benzene rings is 1. The second-order valence-electron chi connectivity index (χ2n) is 3.19. The first-order valence-corrected chi connectivity index (χ1v) is 5.16. The van der Waals surface area contributed by atoms with Crippen LogP contribution in [-0.2, 0) is 6.54 Å². The summed E-state index contributed by atoms with van der Waals surface area (Å²) in [4.78, 5) is 0. The third kappa shape index (κ3) is 3.18. The SMILES string of the molecule is CC#CCOc1c(CNC)cccc1OC. The van der Waals surface area contributed by atoms with Gasteiger partial charge in [0.25, 0.3) is 0 Å². The van der Waals surface area contributed by atoms with E-state index in [0.717, 1.165) is 23.6 Å². The third-order valence-corrected chi connectivity index (χ3v) is 2.11. The zero-order chi connectivity index (χ0) is 11.8. The third-order valence-electron chi connectivity index (χ3n) is 2.11. The summed E-state index contributed by atoms with van der Waals surface area (Å²) < 4.78 is 10.9. The van der Waals surface area contributed by atoms with Crippen LogP contribution in [0.2, 0.25) is 0 Å². The maximum Gasteiger partial charge on any atom is 0.167 e. The summed E-state index contributed by atoms with van der Waals surface area (Å²) >= 11 is 0. The van der Waals surface area contributed by atoms with Crippen molar-refractivity contribution >= 4 is 0 Å². The molecule has 0 aliphatic heterocycles. The molecule has 0 aromatic heterocycles. The number of hydrogen-bond acceptors (Lipinski definition) is 3. The molecule has 0 aliphatic rings. The Kier molecular flexibility index (Phi) is 5.24. The van der Waals surface area contributed by atoms with Crippen LogP contribution in [-0.4, -0.2) is 20.8 Å². The Balaban J connectivity index is 2.92. The van der Waals surface area contributed by atoms with Crippen molar-refractivity contribution < 1.29 is 9.47 Å². The highest BCUT2D eigenvalue weighted by Crippen LogP contribution is 2.30. The van der Waals surface area contributed by atoms with Gasteiger partial charge < -0.3 is 14.8 Å². The van der Waals surface area contributed by atoms with Crippen molar-refractivity contribution in [2.75, 3.05) is 20.8 Å². The number of ether oxygens (including phenoxy) is 2. The van der Waals surface area contributed by atoms with Crippen molar-refractivity contribution in [3.63, 3.8) is 0 Å². The van der Waals surface area contributed by atoms with Crippen molar-refractivity contribution in [3.8, 4) is 23.3 Å². The molecule has 1 rings (SSSR count). The molecule has 0 heterocycles. The van der Waals surface area contributed by atoms with E-state index in [-0.39, 0.29) is 0 Å². The van der Waals surface area contributed by atoms with E-state index in [2.05, 4.69) is 17.2 Å². The Labute approximate surface area is 96.8 Å². The monoisotopic (exact) mass is 219 g/mol. The zero-order valence-corrected chi connectivity index (χ0v) is 9.96. The highest BCUT2D eigenvalue weighted by atomic mass is 16.5. The smallest absolute Gasteiger partial charge is 0.167 e. The molecule has 0 amide bonds. The van der Waals surface area contributed by atoms with Crippen LogP contribution >= 0.6 is 0 Å². The minimum Gasteiger partial charge on any atom is -0.493 e. The summed E-state index contributed by atoms with van der Waals surface area (Å²) in [5.41, 5.74) is 1.07. The average Bonchev–Trinajstić information content (AvgIpc) is 2.31. The fourth-order valence-electron chi connectivity index (χ4n) is 1.40. The Hall–Kier alpha value is -1.66. The van der Waals surface area contributed by atoms with Gasteiger partial charge in [-0.05, 0) is 20.0 Å². The molecule has 0 saturated carbocycles. The molecule has 0 atom stereocenters. The Morgan fingerprint density at radius 2 is 2.19 bits per heavy atom. The lowest BCUT2D eigenvalue weighted by atomic mass is 10.2. The van der Waals surface area contributed by atoms with Crippen molar-refractivity contribution in [2.24, 2.45) is 0 Å². The van der Waals surface area contributed by atoms with Gasteiger partial charge in [0, 0.05) is 12.1 Å². The molecule has 0 fully saturated rings. The van der Waals surface area contributed by atoms with Crippen LogP contribution in [0.3, 0.4) is 0 Å². The molecule has 0 spiro atoms. The van der Waals surface area contributed by atoms with E-state index < -0.39 is 0 Å². The Bertz CT molecular complexity index is 391. The molecule has 86 valence electrons. The van der Waals surface area contributed by atoms with Gasteiger partial charge in [-0.3, -0.25) is 0 Å². The molecular formula is C13H17NO2. The molecule has 1 N–H and O–H groups in total. The molecule has 16 heavy (non-hydrogen) atoms. The average molecular weight is 219 g/mol. The van der Waals surface area contributed by atoms with Gasteiger partial charge in [0.1, 0.15) is 6.61 Å². The van der Waals surface area contributed by atoms with Crippen LogP contribution in [0.15, 0.2) is 18.2 Å². The maximum absolute atomic E-state index is 5.61. The number of nitrogens with one attached hydrogen (secondary N) is 1. The van der Waals surface area contributed by atoms with Crippen molar-refractivity contribution in [1.82, 2.24) is 5.32 Å². The normalized spacial score (nSPS) is 9.19. The first-order valence-electron chi connectivity index (χ1n) is 5.16. The number of methoxy groups -OCH3 is 1. The highest BCUT2D eigenvalue weighted by molar-refractivity contribution is 5.46. The number of para-hydroxylation sites is 1. The van der Waals surface area contributed by atoms with Gasteiger partial charge in [0.15, 0.2) is 11.5 Å². The molecule has 0 saturated heterocycles. The summed E-state index contributed by atoms with van der Waals surface area (Å²) in [6.45, 7) is 2.92. The van der Waals surface area contributed by atoms with Crippen molar-refractivity contribution in [2.45, 2.75) is 13.5 Å². The van der Waals surface area contributed by atoms with E-state index in [9.17, 15) is 0 Å². The van der Waals surface area contributed by atoms with E-state index in [1.165, 1.54) is 0 Å². The molecule has 1 aromatic carbocycles. The van der Waals surface area contributed by atoms with E-state index in [0.29, 0.717) is 6.61 Å². The predicted molar refractivity (Wildman–Crippen MR) is 64.7 cm³/mol. The van der Waals surface area contributed by atoms with Crippen LogP contribution in [0.25, 0.3) is 0 Å². The minimum atomic E-state index is 0.383. The van der Waals surface area contributed by atoms with Gasteiger partial charge >= 0.3 is 0 Å². The topological polar surface area (TPSA) is 30.5 Å². The lowest BCUT2D eigenvalue weighted by Gasteiger charge is -2.13. The van der Waals surface area contributed by atoms with E-state index in [4.69, 9.17) is 9.47 Å². The molecule has 3 nitrogen and oxygen atoms in total. The van der Waals surface area contributed by atoms with Gasteiger partial charge in [-0.25, -0.2) is 0 Å². The van der Waals surface area contributed by atoms with Crippen LogP contribution in [0.1, 0.15) is 12.5 Å². The van der Waals surface area contributed by atoms with Gasteiger partial charge in [-0.2, -0.15) is 0 Å². The van der Waals surface area contributed by atoms with Crippen molar-refractivity contribution in [1.29, 1.82) is 0 Å².